The first-order valence-electron chi connectivity index (χ1n) is 8.52. The molecule has 0 bridgehead atoms. The summed E-state index contributed by atoms with van der Waals surface area (Å²) in [7, 11) is 0. The monoisotopic (exact) mass is 333 g/mol. The van der Waals surface area contributed by atoms with E-state index in [1.54, 1.807) is 11.0 Å². The van der Waals surface area contributed by atoms with Crippen LogP contribution < -0.4 is 10.6 Å². The van der Waals surface area contributed by atoms with Gasteiger partial charge in [-0.3, -0.25) is 9.59 Å². The zero-order chi connectivity index (χ0) is 17.3. The Labute approximate surface area is 141 Å². The van der Waals surface area contributed by atoms with Crippen LogP contribution in [-0.2, 0) is 16.1 Å². The minimum Gasteiger partial charge on any atom is -0.342 e. The molecule has 0 unspecified atom stereocenters. The quantitative estimate of drug-likeness (QED) is 0.857. The lowest BCUT2D eigenvalue weighted by atomic mass is 9.99. The minimum atomic E-state index is -0.407. The average molecular weight is 333 g/mol. The second-order valence-electron chi connectivity index (χ2n) is 7.14. The average Bonchev–Trinajstić information content (AvgIpc) is 2.95. The van der Waals surface area contributed by atoms with Gasteiger partial charge in [-0.15, -0.1) is 0 Å². The van der Waals surface area contributed by atoms with Crippen molar-refractivity contribution in [3.05, 3.63) is 35.6 Å². The molecule has 0 aliphatic carbocycles. The summed E-state index contributed by atoms with van der Waals surface area (Å²) in [5.41, 5.74) is 0.855. The second-order valence-corrected chi connectivity index (χ2v) is 7.14. The molecule has 6 heteroatoms. The van der Waals surface area contributed by atoms with Crippen LogP contribution in [0.3, 0.4) is 0 Å². The van der Waals surface area contributed by atoms with E-state index in [0.29, 0.717) is 31.8 Å². The molecule has 1 aromatic rings. The predicted octanol–water partition coefficient (Wildman–Crippen LogP) is 1.43. The van der Waals surface area contributed by atoms with Crippen molar-refractivity contribution in [2.24, 2.45) is 5.92 Å². The molecular weight excluding hydrogens is 309 g/mol. The molecule has 2 N–H and O–H groups in total. The maximum Gasteiger partial charge on any atom is 0.245 e. The molecule has 130 valence electrons. The van der Waals surface area contributed by atoms with Gasteiger partial charge in [0.15, 0.2) is 0 Å². The minimum absolute atomic E-state index is 0.0170. The van der Waals surface area contributed by atoms with Crippen LogP contribution in [0.25, 0.3) is 0 Å². The molecular formula is C18H24FN3O2. The third-order valence-electron chi connectivity index (χ3n) is 4.69. The van der Waals surface area contributed by atoms with Crippen LogP contribution in [0.15, 0.2) is 24.3 Å². The van der Waals surface area contributed by atoms with Gasteiger partial charge in [0.1, 0.15) is 17.9 Å². The molecule has 5 nitrogen and oxygen atoms in total. The molecule has 1 aromatic carbocycles. The van der Waals surface area contributed by atoms with E-state index >= 15 is 0 Å². The predicted molar refractivity (Wildman–Crippen MR) is 88.5 cm³/mol. The summed E-state index contributed by atoms with van der Waals surface area (Å²) in [5.74, 6) is 0.0446. The maximum atomic E-state index is 13.2. The molecule has 2 heterocycles. The number of nitrogens with zero attached hydrogens (tertiary/aromatic N) is 1. The van der Waals surface area contributed by atoms with Crippen LogP contribution in [0.4, 0.5) is 4.39 Å². The van der Waals surface area contributed by atoms with E-state index < -0.39 is 6.04 Å². The zero-order valence-corrected chi connectivity index (χ0v) is 14.1. The number of hydrogen-bond donors (Lipinski definition) is 2. The molecule has 0 saturated carbocycles. The molecule has 24 heavy (non-hydrogen) atoms. The van der Waals surface area contributed by atoms with Crippen LogP contribution >= 0.6 is 0 Å². The molecule has 2 fully saturated rings. The van der Waals surface area contributed by atoms with E-state index in [0.717, 1.165) is 5.56 Å². The van der Waals surface area contributed by atoms with Gasteiger partial charge in [-0.2, -0.15) is 0 Å². The van der Waals surface area contributed by atoms with Crippen molar-refractivity contribution in [3.63, 3.8) is 0 Å². The molecule has 2 aliphatic heterocycles. The van der Waals surface area contributed by atoms with Gasteiger partial charge in [-0.05, 0) is 36.5 Å². The Morgan fingerprint density at radius 3 is 2.88 bits per heavy atom. The summed E-state index contributed by atoms with van der Waals surface area (Å²) in [6.45, 7) is 5.13. The first-order chi connectivity index (χ1) is 11.4. The molecule has 2 amide bonds. The Morgan fingerprint density at radius 1 is 1.38 bits per heavy atom. The van der Waals surface area contributed by atoms with E-state index in [-0.39, 0.29) is 29.7 Å². The number of rotatable bonds is 5. The van der Waals surface area contributed by atoms with E-state index in [4.69, 9.17) is 0 Å². The number of piperazine rings is 1. The van der Waals surface area contributed by atoms with Crippen LogP contribution in [0.5, 0.6) is 0 Å². The zero-order valence-electron chi connectivity index (χ0n) is 14.1. The summed E-state index contributed by atoms with van der Waals surface area (Å²) < 4.78 is 13.2. The number of fused-ring (bicyclic) bond motifs is 1. The SMILES string of the molecule is CC(C)C[C@H]1NC(=O)[C@@H]2C[C@H](NCc3cccc(F)c3)CN2C1=O. The molecule has 2 saturated heterocycles. The van der Waals surface area contributed by atoms with Crippen molar-refractivity contribution in [2.75, 3.05) is 6.54 Å². The van der Waals surface area contributed by atoms with Crippen molar-refractivity contribution >= 4 is 11.8 Å². The third kappa shape index (κ3) is 3.59. The third-order valence-corrected chi connectivity index (χ3v) is 4.69. The van der Waals surface area contributed by atoms with Crippen molar-refractivity contribution in [1.29, 1.82) is 0 Å². The fourth-order valence-electron chi connectivity index (χ4n) is 3.55. The number of carbonyl (C=O) groups excluding carboxylic acids is 2. The highest BCUT2D eigenvalue weighted by Gasteiger charge is 2.46. The van der Waals surface area contributed by atoms with Crippen LogP contribution in [0.2, 0.25) is 0 Å². The summed E-state index contributed by atoms with van der Waals surface area (Å²) in [4.78, 5) is 26.6. The van der Waals surface area contributed by atoms with Gasteiger partial charge in [0, 0.05) is 19.1 Å². The first kappa shape index (κ1) is 16.9. The number of amides is 2. The summed E-state index contributed by atoms with van der Waals surface area (Å²) >= 11 is 0. The largest absolute Gasteiger partial charge is 0.342 e. The molecule has 0 spiro atoms. The van der Waals surface area contributed by atoms with E-state index in [2.05, 4.69) is 10.6 Å². The summed E-state index contributed by atoms with van der Waals surface area (Å²) in [6, 6.07) is 5.70. The van der Waals surface area contributed by atoms with Gasteiger partial charge in [-0.1, -0.05) is 26.0 Å². The van der Waals surface area contributed by atoms with Crippen LogP contribution in [0.1, 0.15) is 32.3 Å². The van der Waals surface area contributed by atoms with Crippen molar-refractivity contribution < 1.29 is 14.0 Å². The van der Waals surface area contributed by atoms with Crippen LogP contribution in [-0.4, -0.2) is 41.4 Å². The highest BCUT2D eigenvalue weighted by Crippen LogP contribution is 2.25. The molecule has 0 radical (unpaired) electrons. The van der Waals surface area contributed by atoms with Crippen LogP contribution in [0, 0.1) is 11.7 Å². The number of hydrogen-bond acceptors (Lipinski definition) is 3. The lowest BCUT2D eigenvalue weighted by Gasteiger charge is -2.35. The Kier molecular flexibility index (Phi) is 4.85. The van der Waals surface area contributed by atoms with E-state index in [9.17, 15) is 14.0 Å². The Bertz CT molecular complexity index is 634. The fourth-order valence-corrected chi connectivity index (χ4v) is 3.55. The first-order valence-corrected chi connectivity index (χ1v) is 8.52. The number of nitrogens with one attached hydrogen (secondary N) is 2. The summed E-state index contributed by atoms with van der Waals surface area (Å²) in [5, 5.41) is 6.20. The van der Waals surface area contributed by atoms with Gasteiger partial charge >= 0.3 is 0 Å². The van der Waals surface area contributed by atoms with Gasteiger partial charge in [0.05, 0.1) is 0 Å². The second kappa shape index (κ2) is 6.89. The smallest absolute Gasteiger partial charge is 0.245 e. The van der Waals surface area contributed by atoms with E-state index in [1.807, 2.05) is 19.9 Å². The normalized spacial score (nSPS) is 26.7. The maximum absolute atomic E-state index is 13.2. The highest BCUT2D eigenvalue weighted by atomic mass is 19.1. The Balaban J connectivity index is 1.61. The highest BCUT2D eigenvalue weighted by molar-refractivity contribution is 5.97. The Hall–Kier alpha value is -1.95. The molecule has 3 atom stereocenters. The molecule has 0 aromatic heterocycles. The Morgan fingerprint density at radius 2 is 2.17 bits per heavy atom. The number of benzene rings is 1. The number of carbonyl (C=O) groups is 2. The van der Waals surface area contributed by atoms with Gasteiger partial charge < -0.3 is 15.5 Å². The fraction of sp³-hybridized carbons (Fsp3) is 0.556. The van der Waals surface area contributed by atoms with Crippen molar-refractivity contribution in [2.45, 2.75) is 51.4 Å². The standard InChI is InChI=1S/C18H24FN3O2/c1-11(2)6-15-18(24)22-10-14(8-16(22)17(23)21-15)20-9-12-4-3-5-13(19)7-12/h3-5,7,11,14-16,20H,6,8-10H2,1-2H3,(H,21,23)/t14-,15+,16-/m0/s1. The van der Waals surface area contributed by atoms with Crippen molar-refractivity contribution in [3.8, 4) is 0 Å². The van der Waals surface area contributed by atoms with E-state index in [1.165, 1.54) is 12.1 Å². The molecule has 3 rings (SSSR count). The van der Waals surface area contributed by atoms with Crippen molar-refractivity contribution in [1.82, 2.24) is 15.5 Å². The topological polar surface area (TPSA) is 61.4 Å². The van der Waals surface area contributed by atoms with Gasteiger partial charge in [-0.25, -0.2) is 4.39 Å². The van der Waals surface area contributed by atoms with Gasteiger partial charge in [0.25, 0.3) is 0 Å². The lowest BCUT2D eigenvalue weighted by molar-refractivity contribution is -0.147. The van der Waals surface area contributed by atoms with Gasteiger partial charge in [0.2, 0.25) is 11.8 Å². The molecule has 2 aliphatic rings. The number of halogens is 1. The summed E-state index contributed by atoms with van der Waals surface area (Å²) in [6.07, 6.45) is 1.26. The lowest BCUT2D eigenvalue weighted by Crippen LogP contribution is -2.61.